The zero-order chi connectivity index (χ0) is 37.1. The van der Waals surface area contributed by atoms with Crippen LogP contribution in [0.1, 0.15) is 66.2 Å². The van der Waals surface area contributed by atoms with Crippen LogP contribution in [0, 0.1) is 0 Å². The lowest BCUT2D eigenvalue weighted by molar-refractivity contribution is -0.155. The molecule has 5 rings (SSSR count). The summed E-state index contributed by atoms with van der Waals surface area (Å²) in [5.74, 6) is -1.17. The van der Waals surface area contributed by atoms with E-state index in [-0.39, 0.29) is 50.3 Å². The van der Waals surface area contributed by atoms with Crippen molar-refractivity contribution < 1.29 is 39.6 Å². The molecule has 51 heavy (non-hydrogen) atoms. The Kier molecular flexibility index (Phi) is 11.5. The van der Waals surface area contributed by atoms with Crippen LogP contribution in [-0.2, 0) is 22.6 Å². The Balaban J connectivity index is 1.74. The van der Waals surface area contributed by atoms with Crippen molar-refractivity contribution in [3.63, 3.8) is 0 Å². The maximum Gasteiger partial charge on any atom is 0.416 e. The number of rotatable bonds is 11. The molecule has 1 aliphatic heterocycles. The van der Waals surface area contributed by atoms with Gasteiger partial charge in [0.05, 0.1) is 27.2 Å². The number of hydrogen-bond acceptors (Lipinski definition) is 6. The summed E-state index contributed by atoms with van der Waals surface area (Å²) >= 11 is 0. The molecule has 3 aromatic carbocycles. The highest BCUT2D eigenvalue weighted by Crippen LogP contribution is 2.39. The van der Waals surface area contributed by atoms with E-state index in [1.807, 2.05) is 4.90 Å². The fourth-order valence-electron chi connectivity index (χ4n) is 6.85. The van der Waals surface area contributed by atoms with Crippen LogP contribution in [0.3, 0.4) is 0 Å². The standard InChI is InChI=1S/C37H40F6N4O3S/c1-4-19-47(5-2)27-17-20-46(21-18-27)23-29-31(35(48)45-34(37(41,42)43)24-11-7-6-8-12-24)28-15-10-16-30(51(3,49)50)33(28)44-32(29)25-13-9-14-26(22-25)36(38,39)40/h6-16,22,27,34H,4-5,17-21,23H2,1-3H3,(H,45,48)/t34-/m1/s1. The Bertz CT molecular complexity index is 1960. The van der Waals surface area contributed by atoms with Gasteiger partial charge >= 0.3 is 12.4 Å². The maximum absolute atomic E-state index is 14.6. The highest BCUT2D eigenvalue weighted by atomic mass is 32.2. The van der Waals surface area contributed by atoms with E-state index in [1.54, 1.807) is 0 Å². The number of amides is 1. The zero-order valence-corrected chi connectivity index (χ0v) is 29.3. The van der Waals surface area contributed by atoms with Crippen LogP contribution >= 0.6 is 0 Å². The van der Waals surface area contributed by atoms with E-state index in [1.165, 1.54) is 60.7 Å². The molecular formula is C37H40F6N4O3S. The molecule has 0 radical (unpaired) electrons. The zero-order valence-electron chi connectivity index (χ0n) is 28.5. The van der Waals surface area contributed by atoms with E-state index in [0.29, 0.717) is 19.1 Å². The topological polar surface area (TPSA) is 82.6 Å². The van der Waals surface area contributed by atoms with Crippen LogP contribution < -0.4 is 5.32 Å². The number of fused-ring (bicyclic) bond motifs is 1. The molecule has 14 heteroatoms. The van der Waals surface area contributed by atoms with Gasteiger partial charge in [-0.3, -0.25) is 9.69 Å². The van der Waals surface area contributed by atoms with Gasteiger partial charge in [-0.15, -0.1) is 0 Å². The first-order chi connectivity index (χ1) is 24.0. The van der Waals surface area contributed by atoms with E-state index in [2.05, 4.69) is 29.0 Å². The third-order valence-electron chi connectivity index (χ3n) is 9.28. The number of hydrogen-bond donors (Lipinski definition) is 1. The normalized spacial score (nSPS) is 15.7. The Morgan fingerprint density at radius 2 is 1.63 bits per heavy atom. The van der Waals surface area contributed by atoms with Gasteiger partial charge in [-0.1, -0.05) is 68.4 Å². The van der Waals surface area contributed by atoms with Gasteiger partial charge in [-0.05, 0) is 69.2 Å². The molecule has 2 heterocycles. The molecule has 0 bridgehead atoms. The Morgan fingerprint density at radius 1 is 0.961 bits per heavy atom. The smallest absolute Gasteiger partial charge is 0.337 e. The van der Waals surface area contributed by atoms with Crippen LogP contribution in [0.5, 0.6) is 0 Å². The summed E-state index contributed by atoms with van der Waals surface area (Å²) in [6.07, 6.45) is -6.25. The van der Waals surface area contributed by atoms with E-state index >= 15 is 0 Å². The first kappa shape index (κ1) is 38.2. The number of carbonyl (C=O) groups is 1. The molecule has 4 aromatic rings. The Hall–Kier alpha value is -4.01. The minimum atomic E-state index is -4.92. The molecule has 1 fully saturated rings. The average molecular weight is 735 g/mol. The van der Waals surface area contributed by atoms with Crippen molar-refractivity contribution in [2.75, 3.05) is 32.4 Å². The second-order valence-electron chi connectivity index (χ2n) is 12.8. The monoisotopic (exact) mass is 734 g/mol. The van der Waals surface area contributed by atoms with Crippen molar-refractivity contribution in [2.45, 2.75) is 69.0 Å². The fraction of sp³-hybridized carbons (Fsp3) is 0.405. The van der Waals surface area contributed by atoms with Gasteiger partial charge in [-0.25, -0.2) is 13.4 Å². The molecule has 0 unspecified atom stereocenters. The molecule has 1 amide bonds. The largest absolute Gasteiger partial charge is 0.416 e. The second-order valence-corrected chi connectivity index (χ2v) is 14.8. The molecule has 1 atom stereocenters. The van der Waals surface area contributed by atoms with Crippen molar-refractivity contribution in [2.24, 2.45) is 0 Å². The number of carbonyl (C=O) groups excluding carboxylic acids is 1. The third-order valence-corrected chi connectivity index (χ3v) is 10.4. The van der Waals surface area contributed by atoms with Crippen LogP contribution in [0.15, 0.2) is 77.7 Å². The number of nitrogens with zero attached hydrogens (tertiary/aromatic N) is 3. The summed E-state index contributed by atoms with van der Waals surface area (Å²) < 4.78 is 111. The van der Waals surface area contributed by atoms with E-state index in [9.17, 15) is 39.6 Å². The van der Waals surface area contributed by atoms with Gasteiger partial charge in [0.15, 0.2) is 15.9 Å². The van der Waals surface area contributed by atoms with Crippen molar-refractivity contribution in [1.82, 2.24) is 20.1 Å². The predicted octanol–water partition coefficient (Wildman–Crippen LogP) is 8.05. The van der Waals surface area contributed by atoms with Gasteiger partial charge in [0.25, 0.3) is 5.91 Å². The van der Waals surface area contributed by atoms with Gasteiger partial charge in [0, 0.05) is 35.4 Å². The average Bonchev–Trinajstić information content (AvgIpc) is 3.08. The molecule has 7 nitrogen and oxygen atoms in total. The minimum Gasteiger partial charge on any atom is -0.337 e. The van der Waals surface area contributed by atoms with Gasteiger partial charge < -0.3 is 10.2 Å². The lowest BCUT2D eigenvalue weighted by atomic mass is 9.93. The van der Waals surface area contributed by atoms with Crippen molar-refractivity contribution in [1.29, 1.82) is 0 Å². The lowest BCUT2D eigenvalue weighted by Gasteiger charge is -2.38. The summed E-state index contributed by atoms with van der Waals surface area (Å²) in [4.78, 5) is 23.1. The number of alkyl halides is 6. The number of para-hydroxylation sites is 1. The predicted molar refractivity (Wildman–Crippen MR) is 184 cm³/mol. The number of aromatic nitrogens is 1. The van der Waals surface area contributed by atoms with Gasteiger partial charge in [-0.2, -0.15) is 26.3 Å². The minimum absolute atomic E-state index is 0.0327. The molecule has 1 aromatic heterocycles. The first-order valence-electron chi connectivity index (χ1n) is 16.7. The molecule has 1 N–H and O–H groups in total. The number of halogens is 6. The maximum atomic E-state index is 14.6. The number of piperidine rings is 1. The molecule has 0 saturated carbocycles. The lowest BCUT2D eigenvalue weighted by Crippen LogP contribution is -2.45. The van der Waals surface area contributed by atoms with Crippen molar-refractivity contribution >= 4 is 26.6 Å². The van der Waals surface area contributed by atoms with Gasteiger partial charge in [0.1, 0.15) is 0 Å². The summed E-state index contributed by atoms with van der Waals surface area (Å²) in [6, 6.07) is 12.9. The first-order valence-corrected chi connectivity index (χ1v) is 18.6. The van der Waals surface area contributed by atoms with Gasteiger partial charge in [0.2, 0.25) is 0 Å². The van der Waals surface area contributed by atoms with E-state index in [4.69, 9.17) is 0 Å². The number of benzene rings is 3. The number of likely N-dealkylation sites (tertiary alicyclic amines) is 1. The molecule has 274 valence electrons. The second kappa shape index (κ2) is 15.3. The molecular weight excluding hydrogens is 694 g/mol. The quantitative estimate of drug-likeness (QED) is 0.157. The Morgan fingerprint density at radius 3 is 2.22 bits per heavy atom. The molecule has 1 saturated heterocycles. The van der Waals surface area contributed by atoms with Crippen molar-refractivity contribution in [3.8, 4) is 11.3 Å². The number of sulfone groups is 1. The van der Waals surface area contributed by atoms with E-state index < -0.39 is 39.7 Å². The van der Waals surface area contributed by atoms with Crippen LogP contribution in [0.2, 0.25) is 0 Å². The molecule has 0 spiro atoms. The SMILES string of the molecule is CCCN(CC)C1CCN(Cc2c(-c3cccc(C(F)(F)F)c3)nc3c(S(C)(=O)=O)cccc3c2C(=O)N[C@H](c2ccccc2)C(F)(F)F)CC1. The summed E-state index contributed by atoms with van der Waals surface area (Å²) in [6.45, 7) is 7.03. The summed E-state index contributed by atoms with van der Waals surface area (Å²) in [7, 11) is -4.02. The van der Waals surface area contributed by atoms with Crippen LogP contribution in [-0.4, -0.2) is 73.8 Å². The molecule has 0 aliphatic carbocycles. The van der Waals surface area contributed by atoms with E-state index in [0.717, 1.165) is 50.7 Å². The van der Waals surface area contributed by atoms with Crippen LogP contribution in [0.25, 0.3) is 22.2 Å². The summed E-state index contributed by atoms with van der Waals surface area (Å²) in [5, 5.41) is 2.09. The number of nitrogens with one attached hydrogen (secondary N) is 1. The Labute approximate surface area is 293 Å². The molecule has 1 aliphatic rings. The third kappa shape index (κ3) is 8.73. The number of pyridine rings is 1. The highest BCUT2D eigenvalue weighted by molar-refractivity contribution is 7.91. The highest BCUT2D eigenvalue weighted by Gasteiger charge is 2.43. The van der Waals surface area contributed by atoms with Crippen LogP contribution in [0.4, 0.5) is 26.3 Å². The summed E-state index contributed by atoms with van der Waals surface area (Å²) in [5.41, 5.74) is -1.85. The fourth-order valence-corrected chi connectivity index (χ4v) is 7.68. The van der Waals surface area contributed by atoms with Crippen molar-refractivity contribution in [3.05, 3.63) is 95.1 Å².